The van der Waals surface area contributed by atoms with Crippen LogP contribution in [-0.4, -0.2) is 98.9 Å². The van der Waals surface area contributed by atoms with Gasteiger partial charge in [-0.15, -0.1) is 5.10 Å². The molecule has 3 aromatic rings. The molecule has 0 radical (unpaired) electrons. The number of carbonyl (C=O) groups is 3. The largest absolute Gasteiger partial charge is 0.450 e. The van der Waals surface area contributed by atoms with Crippen LogP contribution < -0.4 is 20.9 Å². The van der Waals surface area contributed by atoms with Crippen LogP contribution in [0.3, 0.4) is 0 Å². The third-order valence-corrected chi connectivity index (χ3v) is 7.03. The molecule has 3 heterocycles. The minimum absolute atomic E-state index is 0.0109. The zero-order valence-corrected chi connectivity index (χ0v) is 26.0. The van der Waals surface area contributed by atoms with E-state index in [1.165, 1.54) is 45.9 Å². The lowest BCUT2D eigenvalue weighted by atomic mass is 10.2. The van der Waals surface area contributed by atoms with E-state index >= 15 is 0 Å². The zero-order chi connectivity index (χ0) is 34.0. The maximum atomic E-state index is 14.8. The molecule has 2 N–H and O–H groups in total. The standard InChI is InChI=1S/C30H37F3N8O6/c1-3-46-29(45)40-13-11-38(12-14-40)20-26(42)35-23-8-10-39(27(43)16-23)9-7-22(31)18-41-19-25(36-37-41)28(44)34-17-21-5-4-6-24(15-21)47-30(2,32)33/h4-6,8,10,15-16,19,22H,3,7,9,11-14,17-18,20H2,1-2H3,(H,34,44)(H,35,42). The van der Waals surface area contributed by atoms with Crippen molar-refractivity contribution in [2.45, 2.75) is 52.2 Å². The highest BCUT2D eigenvalue weighted by Crippen LogP contribution is 2.22. The molecule has 47 heavy (non-hydrogen) atoms. The number of alkyl halides is 3. The quantitative estimate of drug-likeness (QED) is 0.265. The number of carbonyl (C=O) groups excluding carboxylic acids is 3. The summed E-state index contributed by atoms with van der Waals surface area (Å²) in [5.41, 5.74) is 0.357. The molecule has 0 aliphatic carbocycles. The summed E-state index contributed by atoms with van der Waals surface area (Å²) in [6, 6.07) is 8.70. The molecule has 1 saturated heterocycles. The molecule has 1 aliphatic heterocycles. The number of anilines is 1. The Balaban J connectivity index is 1.18. The maximum Gasteiger partial charge on any atom is 0.409 e. The molecular weight excluding hydrogens is 625 g/mol. The first-order chi connectivity index (χ1) is 22.4. The van der Waals surface area contributed by atoms with Crippen molar-refractivity contribution < 1.29 is 37.0 Å². The number of aromatic nitrogens is 4. The number of aryl methyl sites for hydroxylation is 1. The van der Waals surface area contributed by atoms with Gasteiger partial charge < -0.3 is 29.6 Å². The molecule has 1 atom stereocenters. The number of pyridine rings is 1. The summed E-state index contributed by atoms with van der Waals surface area (Å²) in [7, 11) is 0. The minimum Gasteiger partial charge on any atom is -0.450 e. The summed E-state index contributed by atoms with van der Waals surface area (Å²) in [4.78, 5) is 52.9. The van der Waals surface area contributed by atoms with Crippen LogP contribution in [0.25, 0.3) is 0 Å². The van der Waals surface area contributed by atoms with E-state index in [1.807, 2.05) is 4.90 Å². The second-order valence-corrected chi connectivity index (χ2v) is 10.9. The van der Waals surface area contributed by atoms with Gasteiger partial charge in [0.2, 0.25) is 5.91 Å². The molecule has 1 unspecified atom stereocenters. The van der Waals surface area contributed by atoms with E-state index in [0.29, 0.717) is 51.0 Å². The fourth-order valence-corrected chi connectivity index (χ4v) is 4.74. The third-order valence-electron chi connectivity index (χ3n) is 7.03. The van der Waals surface area contributed by atoms with Gasteiger partial charge in [-0.1, -0.05) is 17.3 Å². The van der Waals surface area contributed by atoms with Crippen LogP contribution in [0.5, 0.6) is 5.75 Å². The number of benzene rings is 1. The second-order valence-electron chi connectivity index (χ2n) is 10.9. The Morgan fingerprint density at radius 1 is 1.11 bits per heavy atom. The minimum atomic E-state index is -3.35. The highest BCUT2D eigenvalue weighted by atomic mass is 19.3. The fraction of sp³-hybridized carbons (Fsp3) is 0.467. The number of nitrogens with one attached hydrogen (secondary N) is 2. The number of piperazine rings is 1. The summed E-state index contributed by atoms with van der Waals surface area (Å²) >= 11 is 0. The van der Waals surface area contributed by atoms with Crippen LogP contribution in [0.15, 0.2) is 53.6 Å². The summed E-state index contributed by atoms with van der Waals surface area (Å²) < 4.78 is 53.0. The molecular formula is C30H37F3N8O6. The van der Waals surface area contributed by atoms with Crippen molar-refractivity contribution in [1.29, 1.82) is 0 Å². The van der Waals surface area contributed by atoms with Crippen LogP contribution >= 0.6 is 0 Å². The Labute approximate surface area is 268 Å². The number of amides is 3. The molecule has 14 nitrogen and oxygen atoms in total. The van der Waals surface area contributed by atoms with Gasteiger partial charge in [0.25, 0.3) is 11.5 Å². The number of rotatable bonds is 14. The molecule has 4 rings (SSSR count). The number of ether oxygens (including phenoxy) is 2. The predicted octanol–water partition coefficient (Wildman–Crippen LogP) is 2.50. The average Bonchev–Trinajstić information content (AvgIpc) is 3.47. The van der Waals surface area contributed by atoms with Gasteiger partial charge in [0.15, 0.2) is 5.69 Å². The Morgan fingerprint density at radius 3 is 2.57 bits per heavy atom. The van der Waals surface area contributed by atoms with Gasteiger partial charge in [-0.25, -0.2) is 13.9 Å². The highest BCUT2D eigenvalue weighted by molar-refractivity contribution is 5.92. The third kappa shape index (κ3) is 11.1. The van der Waals surface area contributed by atoms with E-state index in [2.05, 4.69) is 25.7 Å². The predicted molar refractivity (Wildman–Crippen MR) is 163 cm³/mol. The zero-order valence-electron chi connectivity index (χ0n) is 26.0. The monoisotopic (exact) mass is 662 g/mol. The van der Waals surface area contributed by atoms with E-state index in [-0.39, 0.29) is 56.0 Å². The second kappa shape index (κ2) is 16.1. The molecule has 0 saturated carbocycles. The molecule has 1 fully saturated rings. The van der Waals surface area contributed by atoms with Gasteiger partial charge >= 0.3 is 12.2 Å². The van der Waals surface area contributed by atoms with E-state index in [9.17, 15) is 32.3 Å². The number of hydrogen-bond acceptors (Lipinski definition) is 9. The smallest absolute Gasteiger partial charge is 0.409 e. The van der Waals surface area contributed by atoms with Crippen molar-refractivity contribution >= 4 is 23.6 Å². The van der Waals surface area contributed by atoms with E-state index in [4.69, 9.17) is 4.74 Å². The molecule has 1 aromatic carbocycles. The van der Waals surface area contributed by atoms with Crippen LogP contribution in [0.4, 0.5) is 23.7 Å². The number of halogens is 3. The van der Waals surface area contributed by atoms with Crippen LogP contribution in [-0.2, 0) is 29.2 Å². The first-order valence-electron chi connectivity index (χ1n) is 15.0. The first-order valence-corrected chi connectivity index (χ1v) is 15.0. The van der Waals surface area contributed by atoms with E-state index < -0.39 is 23.7 Å². The lowest BCUT2D eigenvalue weighted by Crippen LogP contribution is -2.50. The lowest BCUT2D eigenvalue weighted by molar-refractivity contribution is -0.159. The van der Waals surface area contributed by atoms with Gasteiger partial charge in [0.1, 0.15) is 11.9 Å². The fourth-order valence-electron chi connectivity index (χ4n) is 4.74. The highest BCUT2D eigenvalue weighted by Gasteiger charge is 2.24. The Kier molecular flexibility index (Phi) is 11.9. The van der Waals surface area contributed by atoms with Gasteiger partial charge in [-0.3, -0.25) is 19.3 Å². The molecule has 0 bridgehead atoms. The number of nitrogens with zero attached hydrogens (tertiary/aromatic N) is 6. The Bertz CT molecular complexity index is 1590. The SMILES string of the molecule is CCOC(=O)N1CCN(CC(=O)Nc2ccn(CCC(F)Cn3cc(C(=O)NCc4cccc(OC(C)(F)F)c4)nn3)c(=O)c2)CC1. The Hall–Kier alpha value is -4.93. The molecule has 3 amide bonds. The van der Waals surface area contributed by atoms with E-state index in [1.54, 1.807) is 24.0 Å². The molecule has 2 aromatic heterocycles. The van der Waals surface area contributed by atoms with Crippen LogP contribution in [0, 0.1) is 0 Å². The normalized spacial score (nSPS) is 14.4. The van der Waals surface area contributed by atoms with Gasteiger partial charge in [-0.2, -0.15) is 8.78 Å². The Morgan fingerprint density at radius 2 is 1.87 bits per heavy atom. The molecule has 0 spiro atoms. The van der Waals surface area contributed by atoms with E-state index in [0.717, 1.165) is 0 Å². The van der Waals surface area contributed by atoms with Crippen molar-refractivity contribution in [3.8, 4) is 5.75 Å². The molecule has 1 aliphatic rings. The summed E-state index contributed by atoms with van der Waals surface area (Å²) in [6.45, 7) is 4.55. The van der Waals surface area contributed by atoms with Crippen LogP contribution in [0.1, 0.15) is 36.3 Å². The van der Waals surface area contributed by atoms with Crippen molar-refractivity contribution in [2.75, 3.05) is 44.6 Å². The van der Waals surface area contributed by atoms with Gasteiger partial charge in [0.05, 0.1) is 25.9 Å². The van der Waals surface area contributed by atoms with Crippen molar-refractivity contribution in [1.82, 2.24) is 34.7 Å². The van der Waals surface area contributed by atoms with Crippen molar-refractivity contribution in [3.05, 3.63) is 70.4 Å². The van der Waals surface area contributed by atoms with Gasteiger partial charge in [0, 0.05) is 64.1 Å². The first kappa shape index (κ1) is 34.9. The maximum absolute atomic E-state index is 14.8. The molecule has 254 valence electrons. The lowest BCUT2D eigenvalue weighted by Gasteiger charge is -2.33. The topological polar surface area (TPSA) is 153 Å². The molecule has 17 heteroatoms. The summed E-state index contributed by atoms with van der Waals surface area (Å²) in [5.74, 6) is -0.946. The number of hydrogen-bond donors (Lipinski definition) is 2. The average molecular weight is 663 g/mol. The van der Waals surface area contributed by atoms with Crippen molar-refractivity contribution in [3.63, 3.8) is 0 Å². The van der Waals surface area contributed by atoms with Crippen LogP contribution in [0.2, 0.25) is 0 Å². The van der Waals surface area contributed by atoms with Crippen molar-refractivity contribution in [2.24, 2.45) is 0 Å². The van der Waals surface area contributed by atoms with Gasteiger partial charge in [-0.05, 0) is 37.1 Å². The summed E-state index contributed by atoms with van der Waals surface area (Å²) in [5, 5.41) is 12.8. The summed E-state index contributed by atoms with van der Waals surface area (Å²) in [6.07, 6.45) is -2.41.